The summed E-state index contributed by atoms with van der Waals surface area (Å²) >= 11 is 18.0. The summed E-state index contributed by atoms with van der Waals surface area (Å²) in [4.78, 5) is 26.7. The van der Waals surface area contributed by atoms with Gasteiger partial charge in [0.25, 0.3) is 5.91 Å². The standard InChI is InChI=1S/C23H20Cl3N3O2/c1-29(14-15-6-3-2-4-7-15)23(31)16-8-5-9-17(10-16)27-13-22(30)28-21-12-19(25)18(24)11-20(21)26/h2-12,27H,13-14H2,1H3,(H,28,30). The number of nitrogens with one attached hydrogen (secondary N) is 2. The van der Waals surface area contributed by atoms with Gasteiger partial charge in [0.05, 0.1) is 27.3 Å². The van der Waals surface area contributed by atoms with E-state index in [-0.39, 0.29) is 23.4 Å². The molecule has 0 bridgehead atoms. The summed E-state index contributed by atoms with van der Waals surface area (Å²) in [5.74, 6) is -0.433. The molecular formula is C23H20Cl3N3O2. The minimum absolute atomic E-state index is 0.0198. The van der Waals surface area contributed by atoms with Crippen LogP contribution in [-0.2, 0) is 11.3 Å². The number of amides is 2. The van der Waals surface area contributed by atoms with Crippen molar-refractivity contribution in [3.63, 3.8) is 0 Å². The first-order valence-electron chi connectivity index (χ1n) is 9.41. The molecule has 0 aliphatic heterocycles. The van der Waals surface area contributed by atoms with Crippen molar-refractivity contribution in [2.24, 2.45) is 0 Å². The Kier molecular flexibility index (Phi) is 7.80. The summed E-state index contributed by atoms with van der Waals surface area (Å²) in [5, 5.41) is 6.58. The summed E-state index contributed by atoms with van der Waals surface area (Å²) in [6.07, 6.45) is 0. The highest BCUT2D eigenvalue weighted by atomic mass is 35.5. The van der Waals surface area contributed by atoms with Crippen molar-refractivity contribution < 1.29 is 9.59 Å². The molecule has 0 radical (unpaired) electrons. The van der Waals surface area contributed by atoms with E-state index in [1.54, 1.807) is 36.2 Å². The third-order valence-corrected chi connectivity index (χ3v) is 5.49. The minimum Gasteiger partial charge on any atom is -0.376 e. The van der Waals surface area contributed by atoms with E-state index in [4.69, 9.17) is 34.8 Å². The Morgan fingerprint density at radius 2 is 1.58 bits per heavy atom. The second kappa shape index (κ2) is 10.5. The van der Waals surface area contributed by atoms with Crippen molar-refractivity contribution >= 4 is 58.0 Å². The van der Waals surface area contributed by atoms with Gasteiger partial charge in [-0.15, -0.1) is 0 Å². The molecule has 0 saturated carbocycles. The fourth-order valence-corrected chi connectivity index (χ4v) is 3.50. The van der Waals surface area contributed by atoms with Crippen LogP contribution in [0.5, 0.6) is 0 Å². The van der Waals surface area contributed by atoms with Gasteiger partial charge in [-0.05, 0) is 35.9 Å². The predicted octanol–water partition coefficient (Wildman–Crippen LogP) is 5.97. The lowest BCUT2D eigenvalue weighted by atomic mass is 10.1. The van der Waals surface area contributed by atoms with E-state index in [0.29, 0.717) is 33.5 Å². The summed E-state index contributed by atoms with van der Waals surface area (Å²) in [7, 11) is 1.75. The molecule has 31 heavy (non-hydrogen) atoms. The Morgan fingerprint density at radius 3 is 2.32 bits per heavy atom. The Balaban J connectivity index is 1.59. The first kappa shape index (κ1) is 22.9. The maximum Gasteiger partial charge on any atom is 0.253 e. The smallest absolute Gasteiger partial charge is 0.253 e. The van der Waals surface area contributed by atoms with E-state index in [9.17, 15) is 9.59 Å². The topological polar surface area (TPSA) is 61.4 Å². The number of benzene rings is 3. The second-order valence-electron chi connectivity index (χ2n) is 6.88. The zero-order valence-corrected chi connectivity index (χ0v) is 18.9. The lowest BCUT2D eigenvalue weighted by molar-refractivity contribution is -0.114. The number of carbonyl (C=O) groups excluding carboxylic acids is 2. The van der Waals surface area contributed by atoms with Gasteiger partial charge in [-0.2, -0.15) is 0 Å². The lowest BCUT2D eigenvalue weighted by Gasteiger charge is -2.18. The molecule has 3 rings (SSSR count). The lowest BCUT2D eigenvalue weighted by Crippen LogP contribution is -2.26. The molecule has 0 unspecified atom stereocenters. The minimum atomic E-state index is -0.321. The van der Waals surface area contributed by atoms with E-state index >= 15 is 0 Å². The fraction of sp³-hybridized carbons (Fsp3) is 0.130. The van der Waals surface area contributed by atoms with E-state index in [0.717, 1.165) is 5.56 Å². The van der Waals surface area contributed by atoms with Gasteiger partial charge in [0.2, 0.25) is 5.91 Å². The number of rotatable bonds is 7. The Bertz CT molecular complexity index is 1090. The van der Waals surface area contributed by atoms with Crippen LogP contribution in [0, 0.1) is 0 Å². The number of halogens is 3. The molecule has 0 aliphatic rings. The highest BCUT2D eigenvalue weighted by Crippen LogP contribution is 2.32. The summed E-state index contributed by atoms with van der Waals surface area (Å²) in [5.41, 5.74) is 2.59. The Labute approximate surface area is 195 Å². The Hall–Kier alpha value is -2.73. The largest absolute Gasteiger partial charge is 0.376 e. The van der Waals surface area contributed by atoms with Gasteiger partial charge >= 0.3 is 0 Å². The van der Waals surface area contributed by atoms with Crippen LogP contribution in [0.25, 0.3) is 0 Å². The zero-order valence-electron chi connectivity index (χ0n) is 16.7. The number of nitrogens with zero attached hydrogens (tertiary/aromatic N) is 1. The van der Waals surface area contributed by atoms with Crippen LogP contribution < -0.4 is 10.6 Å². The molecule has 0 heterocycles. The molecule has 0 spiro atoms. The van der Waals surface area contributed by atoms with E-state index in [1.807, 2.05) is 30.3 Å². The highest BCUT2D eigenvalue weighted by molar-refractivity contribution is 6.44. The van der Waals surface area contributed by atoms with Crippen LogP contribution in [-0.4, -0.2) is 30.3 Å². The van der Waals surface area contributed by atoms with Gasteiger partial charge in [-0.25, -0.2) is 0 Å². The number of anilines is 2. The maximum absolute atomic E-state index is 12.8. The first-order valence-corrected chi connectivity index (χ1v) is 10.5. The van der Waals surface area contributed by atoms with Gasteiger partial charge in [0.1, 0.15) is 0 Å². The molecule has 0 aliphatic carbocycles. The van der Waals surface area contributed by atoms with Crippen LogP contribution in [0.1, 0.15) is 15.9 Å². The van der Waals surface area contributed by atoms with Crippen LogP contribution >= 0.6 is 34.8 Å². The molecule has 2 N–H and O–H groups in total. The van der Waals surface area contributed by atoms with Crippen molar-refractivity contribution in [2.45, 2.75) is 6.54 Å². The average molecular weight is 477 g/mol. The normalized spacial score (nSPS) is 10.5. The quantitative estimate of drug-likeness (QED) is 0.413. The molecule has 3 aromatic carbocycles. The average Bonchev–Trinajstić information content (AvgIpc) is 2.76. The van der Waals surface area contributed by atoms with Crippen molar-refractivity contribution in [3.05, 3.63) is 92.9 Å². The molecule has 0 saturated heterocycles. The molecule has 2 amide bonds. The second-order valence-corrected chi connectivity index (χ2v) is 8.10. The third kappa shape index (κ3) is 6.37. The van der Waals surface area contributed by atoms with Crippen LogP contribution in [0.3, 0.4) is 0 Å². The van der Waals surface area contributed by atoms with Crippen molar-refractivity contribution in [3.8, 4) is 0 Å². The van der Waals surface area contributed by atoms with Crippen LogP contribution in [0.4, 0.5) is 11.4 Å². The molecule has 0 aromatic heterocycles. The van der Waals surface area contributed by atoms with Crippen molar-refractivity contribution in [1.82, 2.24) is 4.90 Å². The Morgan fingerprint density at radius 1 is 0.871 bits per heavy atom. The van der Waals surface area contributed by atoms with E-state index in [2.05, 4.69) is 10.6 Å². The molecule has 3 aromatic rings. The summed E-state index contributed by atoms with van der Waals surface area (Å²) < 4.78 is 0. The van der Waals surface area contributed by atoms with Crippen LogP contribution in [0.2, 0.25) is 15.1 Å². The molecule has 160 valence electrons. The molecule has 0 atom stereocenters. The van der Waals surface area contributed by atoms with Crippen molar-refractivity contribution in [1.29, 1.82) is 0 Å². The van der Waals surface area contributed by atoms with Gasteiger partial charge in [0, 0.05) is 24.8 Å². The van der Waals surface area contributed by atoms with Gasteiger partial charge < -0.3 is 15.5 Å². The number of carbonyl (C=O) groups is 2. The molecule has 0 fully saturated rings. The monoisotopic (exact) mass is 475 g/mol. The van der Waals surface area contributed by atoms with Gasteiger partial charge in [-0.1, -0.05) is 71.2 Å². The fourth-order valence-electron chi connectivity index (χ4n) is 2.91. The molecule has 8 heteroatoms. The predicted molar refractivity (Wildman–Crippen MR) is 127 cm³/mol. The number of hydrogen-bond acceptors (Lipinski definition) is 3. The van der Waals surface area contributed by atoms with Crippen molar-refractivity contribution in [2.75, 3.05) is 24.2 Å². The summed E-state index contributed by atoms with van der Waals surface area (Å²) in [6, 6.07) is 19.7. The maximum atomic E-state index is 12.8. The first-order chi connectivity index (χ1) is 14.8. The van der Waals surface area contributed by atoms with E-state index in [1.165, 1.54) is 12.1 Å². The number of hydrogen-bond donors (Lipinski definition) is 2. The van der Waals surface area contributed by atoms with E-state index < -0.39 is 0 Å². The molecular weight excluding hydrogens is 457 g/mol. The van der Waals surface area contributed by atoms with Gasteiger partial charge in [0.15, 0.2) is 0 Å². The molecule has 5 nitrogen and oxygen atoms in total. The van der Waals surface area contributed by atoms with Crippen LogP contribution in [0.15, 0.2) is 66.7 Å². The SMILES string of the molecule is CN(Cc1ccccc1)C(=O)c1cccc(NCC(=O)Nc2cc(Cl)c(Cl)cc2Cl)c1. The van der Waals surface area contributed by atoms with Gasteiger partial charge in [-0.3, -0.25) is 9.59 Å². The highest BCUT2D eigenvalue weighted by Gasteiger charge is 2.13. The third-order valence-electron chi connectivity index (χ3n) is 4.46. The summed E-state index contributed by atoms with van der Waals surface area (Å²) in [6.45, 7) is 0.484. The zero-order chi connectivity index (χ0) is 22.4.